The number of aliphatic hydroxyl groups excluding tert-OH is 4. The monoisotopic (exact) mass is 370 g/mol. The Morgan fingerprint density at radius 3 is 2.62 bits per heavy atom. The first-order valence-electron chi connectivity index (χ1n) is 8.09. The van der Waals surface area contributed by atoms with Crippen molar-refractivity contribution >= 4 is 0 Å². The van der Waals surface area contributed by atoms with Gasteiger partial charge in [-0.2, -0.15) is 0 Å². The van der Waals surface area contributed by atoms with Crippen LogP contribution in [0.5, 0.6) is 23.0 Å². The molecule has 26 heavy (non-hydrogen) atoms. The van der Waals surface area contributed by atoms with Gasteiger partial charge in [0.1, 0.15) is 24.4 Å². The van der Waals surface area contributed by atoms with Gasteiger partial charge in [0.2, 0.25) is 24.6 Å². The Kier molecular flexibility index (Phi) is 5.54. The maximum Gasteiger partial charge on any atom is 0.231 e. The van der Waals surface area contributed by atoms with Gasteiger partial charge >= 0.3 is 0 Å². The molecule has 0 bridgehead atoms. The summed E-state index contributed by atoms with van der Waals surface area (Å²) in [6.45, 7) is 3.13. The summed E-state index contributed by atoms with van der Waals surface area (Å²) in [6.07, 6.45) is -4.91. The molecule has 0 amide bonds. The van der Waals surface area contributed by atoms with Crippen LogP contribution in [0.25, 0.3) is 0 Å². The first-order chi connectivity index (χ1) is 12.5. The number of benzene rings is 1. The second-order valence-electron chi connectivity index (χ2n) is 5.94. The van der Waals surface area contributed by atoms with Gasteiger partial charge in [-0.1, -0.05) is 6.08 Å². The topological polar surface area (TPSA) is 127 Å². The molecular weight excluding hydrogens is 348 g/mol. The lowest BCUT2D eigenvalue weighted by Crippen LogP contribution is -2.60. The normalized spacial score (nSPS) is 30.1. The zero-order valence-electron chi connectivity index (χ0n) is 14.2. The third kappa shape index (κ3) is 3.19. The SMILES string of the molecule is C=CCc1cc2c(c(O[C@@H]3O[C@H](CO)[C@@H](O)[C@H](O)[C@H]3O)c1OC)OCO2. The smallest absolute Gasteiger partial charge is 0.231 e. The predicted octanol–water partition coefficient (Wildman–Crippen LogP) is -0.669. The van der Waals surface area contributed by atoms with Crippen LogP contribution in [0.4, 0.5) is 0 Å². The van der Waals surface area contributed by atoms with Gasteiger partial charge in [-0.15, -0.1) is 6.58 Å². The van der Waals surface area contributed by atoms with E-state index in [1.165, 1.54) is 7.11 Å². The van der Waals surface area contributed by atoms with E-state index >= 15 is 0 Å². The van der Waals surface area contributed by atoms with Crippen molar-refractivity contribution in [1.82, 2.24) is 0 Å². The molecule has 3 rings (SSSR count). The van der Waals surface area contributed by atoms with Crippen LogP contribution in [0.1, 0.15) is 5.56 Å². The molecule has 0 unspecified atom stereocenters. The second kappa shape index (κ2) is 7.68. The highest BCUT2D eigenvalue weighted by atomic mass is 16.7. The van der Waals surface area contributed by atoms with Gasteiger partial charge in [-0.05, 0) is 12.5 Å². The Bertz CT molecular complexity index is 660. The predicted molar refractivity (Wildman–Crippen MR) is 87.4 cm³/mol. The van der Waals surface area contributed by atoms with Crippen LogP contribution in [0, 0.1) is 0 Å². The summed E-state index contributed by atoms with van der Waals surface area (Å²) in [5.41, 5.74) is 0.714. The molecule has 9 nitrogen and oxygen atoms in total. The molecule has 9 heteroatoms. The molecule has 144 valence electrons. The van der Waals surface area contributed by atoms with Gasteiger partial charge in [0.05, 0.1) is 13.7 Å². The number of hydrogen-bond donors (Lipinski definition) is 4. The first kappa shape index (κ1) is 18.7. The van der Waals surface area contributed by atoms with Crippen LogP contribution in [0.2, 0.25) is 0 Å². The Morgan fingerprint density at radius 2 is 1.96 bits per heavy atom. The highest BCUT2D eigenvalue weighted by Gasteiger charge is 2.45. The largest absolute Gasteiger partial charge is 0.492 e. The molecule has 2 heterocycles. The minimum Gasteiger partial charge on any atom is -0.492 e. The standard InChI is InChI=1S/C17H22O9/c1-3-4-8-5-9-15(24-7-23-9)16(14(8)22-2)26-17-13(21)12(20)11(19)10(6-18)25-17/h3,5,10-13,17-21H,1,4,6-7H2,2H3/t10-,11-,12+,13-,17+/m1/s1. The number of rotatable bonds is 6. The van der Waals surface area contributed by atoms with Crippen molar-refractivity contribution in [1.29, 1.82) is 0 Å². The van der Waals surface area contributed by atoms with Crippen molar-refractivity contribution < 1.29 is 44.1 Å². The van der Waals surface area contributed by atoms with Gasteiger partial charge in [0, 0.05) is 5.56 Å². The highest BCUT2D eigenvalue weighted by Crippen LogP contribution is 2.50. The Hall–Kier alpha value is -2.04. The van der Waals surface area contributed by atoms with Gasteiger partial charge in [0.15, 0.2) is 11.5 Å². The van der Waals surface area contributed by atoms with E-state index < -0.39 is 37.3 Å². The molecule has 1 fully saturated rings. The molecule has 0 spiro atoms. The number of ether oxygens (including phenoxy) is 5. The van der Waals surface area contributed by atoms with Gasteiger partial charge < -0.3 is 44.1 Å². The molecule has 5 atom stereocenters. The van der Waals surface area contributed by atoms with Crippen LogP contribution < -0.4 is 18.9 Å². The van der Waals surface area contributed by atoms with Gasteiger partial charge in [-0.3, -0.25) is 0 Å². The van der Waals surface area contributed by atoms with Gasteiger partial charge in [0.25, 0.3) is 0 Å². The maximum absolute atomic E-state index is 10.2. The van der Waals surface area contributed by atoms with E-state index in [-0.39, 0.29) is 18.3 Å². The Balaban J connectivity index is 1.97. The quantitative estimate of drug-likeness (QED) is 0.482. The van der Waals surface area contributed by atoms with E-state index in [0.717, 1.165) is 0 Å². The van der Waals surface area contributed by atoms with Crippen LogP contribution in [-0.2, 0) is 11.2 Å². The number of hydrogen-bond acceptors (Lipinski definition) is 9. The molecule has 1 saturated heterocycles. The molecule has 1 aromatic rings. The van der Waals surface area contributed by atoms with E-state index in [1.54, 1.807) is 12.1 Å². The number of aliphatic hydroxyl groups is 4. The first-order valence-corrected chi connectivity index (χ1v) is 8.09. The average molecular weight is 370 g/mol. The summed E-state index contributed by atoms with van der Waals surface area (Å²) in [5, 5.41) is 39.3. The molecule has 2 aliphatic heterocycles. The fourth-order valence-electron chi connectivity index (χ4n) is 2.96. The third-order valence-corrected chi connectivity index (χ3v) is 4.30. The van der Waals surface area contributed by atoms with Crippen LogP contribution >= 0.6 is 0 Å². The summed E-state index contributed by atoms with van der Waals surface area (Å²) >= 11 is 0. The van der Waals surface area contributed by atoms with E-state index in [9.17, 15) is 20.4 Å². The van der Waals surface area contributed by atoms with Crippen molar-refractivity contribution in [2.75, 3.05) is 20.5 Å². The Labute approximate surface area is 149 Å². The van der Waals surface area contributed by atoms with E-state index in [2.05, 4.69) is 6.58 Å². The maximum atomic E-state index is 10.2. The van der Waals surface area contributed by atoms with Crippen molar-refractivity contribution in [3.05, 3.63) is 24.3 Å². The minimum absolute atomic E-state index is 0.0128. The van der Waals surface area contributed by atoms with Crippen molar-refractivity contribution in [3.8, 4) is 23.0 Å². The zero-order valence-corrected chi connectivity index (χ0v) is 14.2. The molecule has 0 aliphatic carbocycles. The molecular formula is C17H22O9. The van der Waals surface area contributed by atoms with Crippen LogP contribution in [0.3, 0.4) is 0 Å². The lowest BCUT2D eigenvalue weighted by atomic mass is 9.99. The number of allylic oxidation sites excluding steroid dienone is 1. The Morgan fingerprint density at radius 1 is 1.19 bits per heavy atom. The fourth-order valence-corrected chi connectivity index (χ4v) is 2.96. The zero-order chi connectivity index (χ0) is 18.8. The third-order valence-electron chi connectivity index (χ3n) is 4.30. The summed E-state index contributed by atoms with van der Waals surface area (Å²) in [6, 6.07) is 1.74. The van der Waals surface area contributed by atoms with Crippen LogP contribution in [0.15, 0.2) is 18.7 Å². The van der Waals surface area contributed by atoms with Crippen LogP contribution in [-0.4, -0.2) is 71.6 Å². The van der Waals surface area contributed by atoms with E-state index in [4.69, 9.17) is 23.7 Å². The average Bonchev–Trinajstić information content (AvgIpc) is 3.10. The van der Waals surface area contributed by atoms with Crippen molar-refractivity contribution in [2.45, 2.75) is 37.1 Å². The summed E-state index contributed by atoms with van der Waals surface area (Å²) in [7, 11) is 1.45. The molecule has 0 saturated carbocycles. The summed E-state index contributed by atoms with van der Waals surface area (Å²) in [4.78, 5) is 0. The summed E-state index contributed by atoms with van der Waals surface area (Å²) < 4.78 is 27.4. The highest BCUT2D eigenvalue weighted by molar-refractivity contribution is 5.64. The molecule has 1 aromatic carbocycles. The minimum atomic E-state index is -1.56. The fraction of sp³-hybridized carbons (Fsp3) is 0.529. The number of methoxy groups -OCH3 is 1. The number of fused-ring (bicyclic) bond motifs is 1. The van der Waals surface area contributed by atoms with Gasteiger partial charge in [-0.25, -0.2) is 0 Å². The summed E-state index contributed by atoms with van der Waals surface area (Å²) in [5.74, 6) is 1.17. The van der Waals surface area contributed by atoms with E-state index in [0.29, 0.717) is 23.5 Å². The lowest BCUT2D eigenvalue weighted by molar-refractivity contribution is -0.277. The molecule has 0 aromatic heterocycles. The second-order valence-corrected chi connectivity index (χ2v) is 5.94. The van der Waals surface area contributed by atoms with Crippen molar-refractivity contribution in [2.24, 2.45) is 0 Å². The van der Waals surface area contributed by atoms with E-state index in [1.807, 2.05) is 0 Å². The molecule has 4 N–H and O–H groups in total. The van der Waals surface area contributed by atoms with Crippen molar-refractivity contribution in [3.63, 3.8) is 0 Å². The molecule has 2 aliphatic rings. The lowest BCUT2D eigenvalue weighted by Gasteiger charge is -2.39. The molecule has 0 radical (unpaired) electrons.